The van der Waals surface area contributed by atoms with Gasteiger partial charge in [0.15, 0.2) is 5.82 Å². The Hall–Kier alpha value is -3.98. The van der Waals surface area contributed by atoms with Crippen molar-refractivity contribution >= 4 is 23.2 Å². The van der Waals surface area contributed by atoms with Crippen molar-refractivity contribution in [3.8, 4) is 22.4 Å². The summed E-state index contributed by atoms with van der Waals surface area (Å²) in [5.41, 5.74) is 0.841. The van der Waals surface area contributed by atoms with Gasteiger partial charge < -0.3 is 5.32 Å². The van der Waals surface area contributed by atoms with Crippen molar-refractivity contribution in [1.82, 2.24) is 14.5 Å². The summed E-state index contributed by atoms with van der Waals surface area (Å²) in [6, 6.07) is 10.1. The molecule has 1 amide bonds. The zero-order valence-electron chi connectivity index (χ0n) is 20.2. The molecule has 2 aromatic heterocycles. The highest BCUT2D eigenvalue weighted by Gasteiger charge is 2.24. The first-order valence-corrected chi connectivity index (χ1v) is 12.4. The minimum Gasteiger partial charge on any atom is -0.325 e. The van der Waals surface area contributed by atoms with E-state index in [0.717, 1.165) is 18.2 Å². The highest BCUT2D eigenvalue weighted by Crippen LogP contribution is 2.34. The summed E-state index contributed by atoms with van der Waals surface area (Å²) in [6.45, 7) is 1.80. The van der Waals surface area contributed by atoms with E-state index in [4.69, 9.17) is 11.6 Å². The molecule has 0 fully saturated rings. The van der Waals surface area contributed by atoms with E-state index in [9.17, 15) is 22.8 Å². The second kappa shape index (κ2) is 10.4. The maximum Gasteiger partial charge on any atom is 0.254 e. The molecule has 38 heavy (non-hydrogen) atoms. The number of anilines is 1. The fraction of sp³-hybridized carbons (Fsp3) is 0.214. The van der Waals surface area contributed by atoms with Gasteiger partial charge in [-0.1, -0.05) is 24.9 Å². The SMILES string of the molecule is CC1CCCC(n2cnc(-c3c(F)ccc(Cl)c3F)cc2=O)c2cc(ccn2)-c2cc(F)ccc2NC1=O. The summed E-state index contributed by atoms with van der Waals surface area (Å²) >= 11 is 5.81. The number of hydrogen-bond acceptors (Lipinski definition) is 4. The van der Waals surface area contributed by atoms with Gasteiger partial charge in [0.25, 0.3) is 5.56 Å². The van der Waals surface area contributed by atoms with Crippen LogP contribution in [0.2, 0.25) is 5.02 Å². The van der Waals surface area contributed by atoms with Crippen LogP contribution >= 0.6 is 11.6 Å². The summed E-state index contributed by atoms with van der Waals surface area (Å²) in [7, 11) is 0. The number of rotatable bonds is 2. The Kier molecular flexibility index (Phi) is 7.03. The molecule has 2 bridgehead atoms. The maximum atomic E-state index is 14.6. The van der Waals surface area contributed by atoms with Gasteiger partial charge in [0.2, 0.25) is 5.91 Å². The quantitative estimate of drug-likeness (QED) is 0.300. The van der Waals surface area contributed by atoms with Gasteiger partial charge in [0.1, 0.15) is 11.6 Å². The third-order valence-electron chi connectivity index (χ3n) is 6.71. The molecule has 0 aliphatic carbocycles. The summed E-state index contributed by atoms with van der Waals surface area (Å²) < 4.78 is 44.5. The Morgan fingerprint density at radius 3 is 2.61 bits per heavy atom. The molecule has 0 spiro atoms. The van der Waals surface area contributed by atoms with Gasteiger partial charge in [-0.05, 0) is 60.9 Å². The number of hydrogen-bond donors (Lipinski definition) is 1. The number of fused-ring (bicyclic) bond motifs is 4. The van der Waals surface area contributed by atoms with Crippen LogP contribution in [0.15, 0.2) is 65.8 Å². The van der Waals surface area contributed by atoms with Crippen molar-refractivity contribution in [1.29, 1.82) is 0 Å². The number of carbonyl (C=O) groups is 1. The van der Waals surface area contributed by atoms with Crippen LogP contribution in [0.1, 0.15) is 37.9 Å². The largest absolute Gasteiger partial charge is 0.325 e. The molecule has 2 aromatic carbocycles. The summed E-state index contributed by atoms with van der Waals surface area (Å²) in [5, 5.41) is 2.60. The van der Waals surface area contributed by atoms with Crippen molar-refractivity contribution in [2.24, 2.45) is 5.92 Å². The monoisotopic (exact) mass is 538 g/mol. The number of halogens is 4. The first kappa shape index (κ1) is 25.7. The molecule has 0 radical (unpaired) electrons. The van der Waals surface area contributed by atoms with Crippen LogP contribution in [0.5, 0.6) is 0 Å². The molecular formula is C28H22ClF3N4O2. The van der Waals surface area contributed by atoms with E-state index in [1.807, 2.05) is 0 Å². The van der Waals surface area contributed by atoms with E-state index in [-0.39, 0.29) is 22.5 Å². The molecule has 4 aromatic rings. The van der Waals surface area contributed by atoms with Gasteiger partial charge in [-0.2, -0.15) is 0 Å². The number of amides is 1. The fourth-order valence-corrected chi connectivity index (χ4v) is 4.80. The molecule has 194 valence electrons. The lowest BCUT2D eigenvalue weighted by Crippen LogP contribution is -2.27. The van der Waals surface area contributed by atoms with Crippen molar-refractivity contribution in [2.75, 3.05) is 5.32 Å². The van der Waals surface area contributed by atoms with Gasteiger partial charge in [-0.15, -0.1) is 0 Å². The Balaban J connectivity index is 1.62. The Labute approximate surface area is 221 Å². The molecule has 2 atom stereocenters. The second-order valence-electron chi connectivity index (χ2n) is 9.23. The molecule has 6 nitrogen and oxygen atoms in total. The van der Waals surface area contributed by atoms with E-state index in [2.05, 4.69) is 15.3 Å². The lowest BCUT2D eigenvalue weighted by molar-refractivity contribution is -0.119. The predicted octanol–water partition coefficient (Wildman–Crippen LogP) is 6.39. The van der Waals surface area contributed by atoms with Gasteiger partial charge in [0.05, 0.1) is 34.3 Å². The molecule has 5 rings (SSSR count). The van der Waals surface area contributed by atoms with Gasteiger partial charge in [-0.25, -0.2) is 18.2 Å². The average molecular weight is 539 g/mol. The third kappa shape index (κ3) is 4.93. The van der Waals surface area contributed by atoms with Gasteiger partial charge in [0, 0.05) is 29.4 Å². The molecule has 1 N–H and O–H groups in total. The first-order chi connectivity index (χ1) is 18.2. The highest BCUT2D eigenvalue weighted by molar-refractivity contribution is 6.31. The second-order valence-corrected chi connectivity index (χ2v) is 9.64. The lowest BCUT2D eigenvalue weighted by Gasteiger charge is -2.23. The molecule has 3 heterocycles. The average Bonchev–Trinajstić information content (AvgIpc) is 2.90. The van der Waals surface area contributed by atoms with E-state index in [0.29, 0.717) is 41.8 Å². The van der Waals surface area contributed by atoms with Crippen LogP contribution in [0.25, 0.3) is 22.4 Å². The normalized spacial score (nSPS) is 17.7. The summed E-state index contributed by atoms with van der Waals surface area (Å²) in [6.07, 6.45) is 4.31. The molecule has 2 unspecified atom stereocenters. The maximum absolute atomic E-state index is 14.6. The Morgan fingerprint density at radius 2 is 1.82 bits per heavy atom. The number of nitrogens with zero attached hydrogens (tertiary/aromatic N) is 3. The third-order valence-corrected chi connectivity index (χ3v) is 7.00. The van der Waals surface area contributed by atoms with Crippen LogP contribution < -0.4 is 10.9 Å². The molecule has 1 aliphatic heterocycles. The summed E-state index contributed by atoms with van der Waals surface area (Å²) in [5.74, 6) is -2.90. The van der Waals surface area contributed by atoms with Crippen molar-refractivity contribution in [2.45, 2.75) is 32.2 Å². The minimum absolute atomic E-state index is 0.187. The Bertz CT molecular complexity index is 1610. The topological polar surface area (TPSA) is 76.9 Å². The van der Waals surface area contributed by atoms with E-state index >= 15 is 0 Å². The number of nitrogens with one attached hydrogen (secondary N) is 1. The van der Waals surface area contributed by atoms with Crippen LogP contribution in [0.3, 0.4) is 0 Å². The van der Waals surface area contributed by atoms with Crippen LogP contribution in [0, 0.1) is 23.4 Å². The van der Waals surface area contributed by atoms with E-state index in [1.165, 1.54) is 29.1 Å². The van der Waals surface area contributed by atoms with Gasteiger partial charge >= 0.3 is 0 Å². The van der Waals surface area contributed by atoms with E-state index in [1.54, 1.807) is 25.3 Å². The standard InChI is InChI=1S/C28H22ClF3N4O2/c1-15-3-2-4-24(36-14-34-23(13-25(36)37)26-20(31)7-6-19(29)27(26)32)22-11-16(9-10-33-22)18-12-17(30)5-8-21(18)35-28(15)38/h5-15,24H,2-4H2,1H3,(H,35,38). The zero-order valence-corrected chi connectivity index (χ0v) is 21.0. The van der Waals surface area contributed by atoms with E-state index < -0.39 is 34.6 Å². The van der Waals surface area contributed by atoms with Crippen molar-refractivity contribution < 1.29 is 18.0 Å². The molecular weight excluding hydrogens is 517 g/mol. The zero-order chi connectivity index (χ0) is 27.0. The number of aromatic nitrogens is 3. The van der Waals surface area contributed by atoms with Crippen LogP contribution in [-0.4, -0.2) is 20.4 Å². The van der Waals surface area contributed by atoms with Crippen molar-refractivity contribution in [3.05, 3.63) is 99.6 Å². The fourth-order valence-electron chi connectivity index (χ4n) is 4.64. The minimum atomic E-state index is -1.00. The first-order valence-electron chi connectivity index (χ1n) is 12.0. The molecule has 10 heteroatoms. The predicted molar refractivity (Wildman–Crippen MR) is 138 cm³/mol. The van der Waals surface area contributed by atoms with Crippen LogP contribution in [0.4, 0.5) is 18.9 Å². The highest BCUT2D eigenvalue weighted by atomic mass is 35.5. The Morgan fingerprint density at radius 1 is 1.00 bits per heavy atom. The summed E-state index contributed by atoms with van der Waals surface area (Å²) in [4.78, 5) is 34.7. The molecule has 0 saturated heterocycles. The van der Waals surface area contributed by atoms with Gasteiger partial charge in [-0.3, -0.25) is 19.1 Å². The lowest BCUT2D eigenvalue weighted by atomic mass is 9.95. The number of carbonyl (C=O) groups excluding carboxylic acids is 1. The van der Waals surface area contributed by atoms with Crippen LogP contribution in [-0.2, 0) is 4.79 Å². The molecule has 1 aliphatic rings. The van der Waals surface area contributed by atoms with Crippen molar-refractivity contribution in [3.63, 3.8) is 0 Å². The smallest absolute Gasteiger partial charge is 0.254 e. The number of pyridine rings is 1. The molecule has 0 saturated carbocycles. The number of benzene rings is 2.